The van der Waals surface area contributed by atoms with Gasteiger partial charge in [0.1, 0.15) is 0 Å². The molecule has 2 unspecified atom stereocenters. The van der Waals surface area contributed by atoms with E-state index in [0.717, 1.165) is 25.3 Å². The monoisotopic (exact) mass is 416 g/mol. The average Bonchev–Trinajstić information content (AvgIpc) is 3.55. The number of para-hydroxylation sites is 1. The molecule has 1 aliphatic heterocycles. The Balaban J connectivity index is 1.48. The van der Waals surface area contributed by atoms with Crippen LogP contribution in [0.25, 0.3) is 0 Å². The number of rotatable bonds is 4. The van der Waals surface area contributed by atoms with Crippen LogP contribution in [0, 0.1) is 5.92 Å². The summed E-state index contributed by atoms with van der Waals surface area (Å²) >= 11 is 0. The summed E-state index contributed by atoms with van der Waals surface area (Å²) in [5, 5.41) is 2.78. The second-order valence-electron chi connectivity index (χ2n) is 7.92. The van der Waals surface area contributed by atoms with Crippen molar-refractivity contribution in [1.29, 1.82) is 0 Å². The molecule has 2 fully saturated rings. The van der Waals surface area contributed by atoms with Gasteiger partial charge in [0, 0.05) is 19.0 Å². The van der Waals surface area contributed by atoms with Gasteiger partial charge in [0.2, 0.25) is 5.91 Å². The normalized spacial score (nSPS) is 21.2. The number of likely N-dealkylation sites (tertiary alicyclic amines) is 1. The highest BCUT2D eigenvalue weighted by Crippen LogP contribution is 2.51. The second kappa shape index (κ2) is 8.13. The zero-order chi connectivity index (χ0) is 21.3. The fourth-order valence-corrected chi connectivity index (χ4v) is 4.18. The van der Waals surface area contributed by atoms with Gasteiger partial charge in [0.25, 0.3) is 5.91 Å². The van der Waals surface area contributed by atoms with Crippen LogP contribution >= 0.6 is 0 Å². The molecule has 1 N–H and O–H groups in total. The quantitative estimate of drug-likeness (QED) is 0.756. The summed E-state index contributed by atoms with van der Waals surface area (Å²) in [6.45, 7) is 1.39. The topological polar surface area (TPSA) is 49.4 Å². The van der Waals surface area contributed by atoms with Crippen molar-refractivity contribution in [3.8, 4) is 0 Å². The van der Waals surface area contributed by atoms with Crippen LogP contribution in [0.15, 0.2) is 48.5 Å². The number of amides is 2. The van der Waals surface area contributed by atoms with E-state index in [1.165, 1.54) is 12.1 Å². The molecule has 7 heteroatoms. The molecular weight excluding hydrogens is 393 g/mol. The molecule has 0 bridgehead atoms. The number of nitrogens with one attached hydrogen (secondary N) is 1. The molecule has 2 amide bonds. The lowest BCUT2D eigenvalue weighted by atomic mass is 10.0. The Hall–Kier alpha value is -2.83. The highest BCUT2D eigenvalue weighted by molar-refractivity contribution is 6.05. The number of alkyl halides is 3. The van der Waals surface area contributed by atoms with Gasteiger partial charge in [-0.1, -0.05) is 30.3 Å². The van der Waals surface area contributed by atoms with Gasteiger partial charge in [-0.2, -0.15) is 13.2 Å². The Morgan fingerprint density at radius 3 is 2.33 bits per heavy atom. The van der Waals surface area contributed by atoms with Gasteiger partial charge in [-0.05, 0) is 55.4 Å². The van der Waals surface area contributed by atoms with Crippen LogP contribution in [-0.2, 0) is 11.0 Å². The predicted octanol–water partition coefficient (Wildman–Crippen LogP) is 5.07. The number of halogens is 3. The number of benzene rings is 2. The van der Waals surface area contributed by atoms with E-state index in [0.29, 0.717) is 30.8 Å². The molecule has 0 spiro atoms. The minimum Gasteiger partial charge on any atom is -0.339 e. The van der Waals surface area contributed by atoms with Gasteiger partial charge in [-0.15, -0.1) is 0 Å². The van der Waals surface area contributed by atoms with Crippen LogP contribution < -0.4 is 5.32 Å². The SMILES string of the molecule is O=C(Nc1ccccc1C(=O)N1CCCCC1)C1CC1c1ccccc1C(F)(F)F. The molecule has 30 heavy (non-hydrogen) atoms. The van der Waals surface area contributed by atoms with Crippen LogP contribution in [0.2, 0.25) is 0 Å². The minimum atomic E-state index is -4.45. The van der Waals surface area contributed by atoms with Crippen LogP contribution in [0.4, 0.5) is 18.9 Å². The third kappa shape index (κ3) is 4.20. The van der Waals surface area contributed by atoms with Crippen molar-refractivity contribution < 1.29 is 22.8 Å². The Labute approximate surface area is 173 Å². The molecule has 0 radical (unpaired) electrons. The van der Waals surface area contributed by atoms with E-state index in [1.54, 1.807) is 35.2 Å². The lowest BCUT2D eigenvalue weighted by molar-refractivity contribution is -0.138. The van der Waals surface area contributed by atoms with Crippen molar-refractivity contribution in [2.75, 3.05) is 18.4 Å². The Morgan fingerprint density at radius 1 is 0.933 bits per heavy atom. The van der Waals surface area contributed by atoms with Gasteiger partial charge in [0.15, 0.2) is 0 Å². The van der Waals surface area contributed by atoms with Gasteiger partial charge in [-0.3, -0.25) is 9.59 Å². The Morgan fingerprint density at radius 2 is 1.60 bits per heavy atom. The molecule has 2 aromatic rings. The summed E-state index contributed by atoms with van der Waals surface area (Å²) in [6.07, 6.45) is -1.06. The summed E-state index contributed by atoms with van der Waals surface area (Å²) in [6, 6.07) is 12.2. The van der Waals surface area contributed by atoms with Gasteiger partial charge in [-0.25, -0.2) is 0 Å². The Kier molecular flexibility index (Phi) is 5.54. The van der Waals surface area contributed by atoms with Crippen LogP contribution in [0.1, 0.15) is 53.1 Å². The first-order valence-electron chi connectivity index (χ1n) is 10.2. The van der Waals surface area contributed by atoms with Crippen LogP contribution in [0.5, 0.6) is 0 Å². The minimum absolute atomic E-state index is 0.125. The Bertz CT molecular complexity index is 951. The summed E-state index contributed by atoms with van der Waals surface area (Å²) in [4.78, 5) is 27.4. The molecule has 1 saturated carbocycles. The first kappa shape index (κ1) is 20.4. The van der Waals surface area contributed by atoms with Crippen molar-refractivity contribution in [3.63, 3.8) is 0 Å². The number of hydrogen-bond donors (Lipinski definition) is 1. The van der Waals surface area contributed by atoms with E-state index < -0.39 is 23.6 Å². The number of nitrogens with zero attached hydrogens (tertiary/aromatic N) is 1. The van der Waals surface area contributed by atoms with Crippen LogP contribution in [0.3, 0.4) is 0 Å². The van der Waals surface area contributed by atoms with Gasteiger partial charge >= 0.3 is 6.18 Å². The molecule has 4 rings (SSSR count). The average molecular weight is 416 g/mol. The largest absolute Gasteiger partial charge is 0.416 e. The lowest BCUT2D eigenvalue weighted by Crippen LogP contribution is -2.36. The smallest absolute Gasteiger partial charge is 0.339 e. The summed E-state index contributed by atoms with van der Waals surface area (Å²) in [5.74, 6) is -1.48. The van der Waals surface area contributed by atoms with E-state index in [1.807, 2.05) is 0 Å². The molecule has 1 aliphatic carbocycles. The van der Waals surface area contributed by atoms with Crippen LogP contribution in [-0.4, -0.2) is 29.8 Å². The molecule has 2 aliphatic rings. The number of anilines is 1. The first-order chi connectivity index (χ1) is 14.4. The van der Waals surface area contributed by atoms with Crippen molar-refractivity contribution in [2.45, 2.75) is 37.8 Å². The standard InChI is InChI=1S/C23H23F3N2O2/c24-23(25,26)19-10-4-2-8-15(19)17-14-18(17)21(29)27-20-11-5-3-9-16(20)22(30)28-12-6-1-7-13-28/h2-5,8-11,17-18H,1,6-7,12-14H2,(H,27,29). The molecule has 1 saturated heterocycles. The van der Waals surface area contributed by atoms with Crippen molar-refractivity contribution >= 4 is 17.5 Å². The highest BCUT2D eigenvalue weighted by atomic mass is 19.4. The van der Waals surface area contributed by atoms with E-state index in [-0.39, 0.29) is 17.4 Å². The molecule has 2 aromatic carbocycles. The predicted molar refractivity (Wildman–Crippen MR) is 107 cm³/mol. The zero-order valence-corrected chi connectivity index (χ0v) is 16.4. The van der Waals surface area contributed by atoms with E-state index >= 15 is 0 Å². The van der Waals surface area contributed by atoms with Gasteiger partial charge in [0.05, 0.1) is 16.8 Å². The molecule has 1 heterocycles. The zero-order valence-electron chi connectivity index (χ0n) is 16.4. The number of hydrogen-bond acceptors (Lipinski definition) is 2. The molecule has 2 atom stereocenters. The fraction of sp³-hybridized carbons (Fsp3) is 0.391. The number of carbonyl (C=O) groups is 2. The van der Waals surface area contributed by atoms with E-state index in [4.69, 9.17) is 0 Å². The maximum Gasteiger partial charge on any atom is 0.416 e. The van der Waals surface area contributed by atoms with E-state index in [2.05, 4.69) is 5.32 Å². The van der Waals surface area contributed by atoms with Crippen molar-refractivity contribution in [2.24, 2.45) is 5.92 Å². The summed E-state index contributed by atoms with van der Waals surface area (Å²) in [5.41, 5.74) is 0.294. The second-order valence-corrected chi connectivity index (χ2v) is 7.92. The first-order valence-corrected chi connectivity index (χ1v) is 10.2. The maximum absolute atomic E-state index is 13.3. The van der Waals surface area contributed by atoms with Crippen molar-refractivity contribution in [1.82, 2.24) is 4.90 Å². The third-order valence-corrected chi connectivity index (χ3v) is 5.85. The number of piperidine rings is 1. The van der Waals surface area contributed by atoms with Gasteiger partial charge < -0.3 is 10.2 Å². The molecule has 0 aromatic heterocycles. The third-order valence-electron chi connectivity index (χ3n) is 5.85. The summed E-state index contributed by atoms with van der Waals surface area (Å²) < 4.78 is 39.9. The van der Waals surface area contributed by atoms with Crippen molar-refractivity contribution in [3.05, 3.63) is 65.2 Å². The molecule has 158 valence electrons. The lowest BCUT2D eigenvalue weighted by Gasteiger charge is -2.27. The fourth-order valence-electron chi connectivity index (χ4n) is 4.18. The molecular formula is C23H23F3N2O2. The highest BCUT2D eigenvalue weighted by Gasteiger charge is 2.48. The summed E-state index contributed by atoms with van der Waals surface area (Å²) in [7, 11) is 0. The van der Waals surface area contributed by atoms with E-state index in [9.17, 15) is 22.8 Å². The molecule has 4 nitrogen and oxygen atoms in total. The number of carbonyl (C=O) groups excluding carboxylic acids is 2. The maximum atomic E-state index is 13.3.